The SMILES string of the molecule is CCCN(CC)CCn1c(-c2ccccn2)n[nH]c1=S. The lowest BCUT2D eigenvalue weighted by atomic mass is 10.3. The molecule has 1 N–H and O–H groups in total. The van der Waals surface area contributed by atoms with Crippen molar-refractivity contribution >= 4 is 12.2 Å². The summed E-state index contributed by atoms with van der Waals surface area (Å²) in [6, 6.07) is 5.81. The lowest BCUT2D eigenvalue weighted by molar-refractivity contribution is 0.276. The molecule has 5 nitrogen and oxygen atoms in total. The van der Waals surface area contributed by atoms with E-state index in [9.17, 15) is 0 Å². The number of pyridine rings is 1. The number of rotatable bonds is 7. The third kappa shape index (κ3) is 3.52. The van der Waals surface area contributed by atoms with E-state index in [0.29, 0.717) is 4.77 Å². The monoisotopic (exact) mass is 291 g/mol. The molecule has 2 rings (SSSR count). The highest BCUT2D eigenvalue weighted by molar-refractivity contribution is 7.71. The standard InChI is InChI=1S/C14H21N5S/c1-3-9-18(4-2)10-11-19-13(16-17-14(19)20)12-7-5-6-8-15-12/h5-8H,3-4,9-11H2,1-2H3,(H,17,20). The van der Waals surface area contributed by atoms with Crippen molar-refractivity contribution in [3.63, 3.8) is 0 Å². The van der Waals surface area contributed by atoms with Crippen molar-refractivity contribution in [1.29, 1.82) is 0 Å². The minimum Gasteiger partial charge on any atom is -0.302 e. The lowest BCUT2D eigenvalue weighted by Crippen LogP contribution is -2.28. The summed E-state index contributed by atoms with van der Waals surface area (Å²) in [5, 5.41) is 7.17. The van der Waals surface area contributed by atoms with Gasteiger partial charge in [0.05, 0.1) is 0 Å². The average molecular weight is 291 g/mol. The Morgan fingerprint density at radius 1 is 1.30 bits per heavy atom. The van der Waals surface area contributed by atoms with Gasteiger partial charge in [-0.05, 0) is 43.9 Å². The van der Waals surface area contributed by atoms with E-state index in [1.165, 1.54) is 0 Å². The highest BCUT2D eigenvalue weighted by Gasteiger charge is 2.10. The molecule has 0 saturated carbocycles. The van der Waals surface area contributed by atoms with Crippen molar-refractivity contribution in [3.8, 4) is 11.5 Å². The Morgan fingerprint density at radius 2 is 2.15 bits per heavy atom. The third-order valence-corrected chi connectivity index (χ3v) is 3.59. The summed E-state index contributed by atoms with van der Waals surface area (Å²) in [6.07, 6.45) is 2.94. The Kier molecular flexibility index (Phi) is 5.43. The van der Waals surface area contributed by atoms with Gasteiger partial charge >= 0.3 is 0 Å². The van der Waals surface area contributed by atoms with Gasteiger partial charge < -0.3 is 4.90 Å². The van der Waals surface area contributed by atoms with Crippen molar-refractivity contribution in [2.45, 2.75) is 26.8 Å². The summed E-state index contributed by atoms with van der Waals surface area (Å²) < 4.78 is 2.67. The number of aromatic nitrogens is 4. The fraction of sp³-hybridized carbons (Fsp3) is 0.500. The largest absolute Gasteiger partial charge is 0.302 e. The molecule has 0 aliphatic carbocycles. The van der Waals surface area contributed by atoms with E-state index in [1.807, 2.05) is 22.8 Å². The van der Waals surface area contributed by atoms with Gasteiger partial charge in [-0.1, -0.05) is 19.9 Å². The number of H-pyrrole nitrogens is 1. The number of nitrogens with zero attached hydrogens (tertiary/aromatic N) is 4. The fourth-order valence-electron chi connectivity index (χ4n) is 2.20. The van der Waals surface area contributed by atoms with Gasteiger partial charge in [0, 0.05) is 19.3 Å². The van der Waals surface area contributed by atoms with E-state index in [1.54, 1.807) is 6.20 Å². The van der Waals surface area contributed by atoms with Gasteiger partial charge in [-0.25, -0.2) is 0 Å². The Balaban J connectivity index is 2.16. The molecule has 2 heterocycles. The molecule has 0 aromatic carbocycles. The molecule has 0 saturated heterocycles. The molecule has 0 bridgehead atoms. The van der Waals surface area contributed by atoms with E-state index in [4.69, 9.17) is 12.2 Å². The molecule has 0 fully saturated rings. The van der Waals surface area contributed by atoms with E-state index >= 15 is 0 Å². The van der Waals surface area contributed by atoms with Gasteiger partial charge in [0.25, 0.3) is 0 Å². The summed E-state index contributed by atoms with van der Waals surface area (Å²) in [7, 11) is 0. The summed E-state index contributed by atoms with van der Waals surface area (Å²) in [6.45, 7) is 8.35. The molecule has 20 heavy (non-hydrogen) atoms. The van der Waals surface area contributed by atoms with E-state index < -0.39 is 0 Å². The van der Waals surface area contributed by atoms with Crippen LogP contribution in [0.2, 0.25) is 0 Å². The van der Waals surface area contributed by atoms with Crippen LogP contribution in [0.15, 0.2) is 24.4 Å². The number of nitrogens with one attached hydrogen (secondary N) is 1. The maximum absolute atomic E-state index is 5.32. The molecule has 0 amide bonds. The van der Waals surface area contributed by atoms with Crippen LogP contribution in [0.5, 0.6) is 0 Å². The second-order valence-electron chi connectivity index (χ2n) is 4.65. The summed E-state index contributed by atoms with van der Waals surface area (Å²) in [4.78, 5) is 6.76. The number of aromatic amines is 1. The van der Waals surface area contributed by atoms with E-state index in [0.717, 1.165) is 44.1 Å². The summed E-state index contributed by atoms with van der Waals surface area (Å²) in [5.41, 5.74) is 0.846. The van der Waals surface area contributed by atoms with Crippen LogP contribution in [-0.4, -0.2) is 44.3 Å². The summed E-state index contributed by atoms with van der Waals surface area (Å²) >= 11 is 5.32. The lowest BCUT2D eigenvalue weighted by Gasteiger charge is -2.19. The minimum absolute atomic E-state index is 0.651. The Hall–Kier alpha value is -1.53. The van der Waals surface area contributed by atoms with Gasteiger partial charge in [0.15, 0.2) is 10.6 Å². The third-order valence-electron chi connectivity index (χ3n) is 3.28. The first-order chi connectivity index (χ1) is 9.76. The maximum atomic E-state index is 5.32. The Morgan fingerprint density at radius 3 is 2.80 bits per heavy atom. The van der Waals surface area contributed by atoms with Crippen molar-refractivity contribution in [2.24, 2.45) is 0 Å². The molecule has 0 radical (unpaired) electrons. The molecule has 0 atom stereocenters. The second-order valence-corrected chi connectivity index (χ2v) is 5.04. The normalized spacial score (nSPS) is 11.2. The van der Waals surface area contributed by atoms with Gasteiger partial charge in [0.2, 0.25) is 0 Å². The maximum Gasteiger partial charge on any atom is 0.195 e. The zero-order chi connectivity index (χ0) is 14.4. The van der Waals surface area contributed by atoms with Gasteiger partial charge in [0.1, 0.15) is 5.69 Å². The Labute approximate surface area is 124 Å². The van der Waals surface area contributed by atoms with Crippen molar-refractivity contribution in [3.05, 3.63) is 29.2 Å². The average Bonchev–Trinajstić information content (AvgIpc) is 2.85. The van der Waals surface area contributed by atoms with Gasteiger partial charge in [-0.3, -0.25) is 14.6 Å². The molecule has 0 aliphatic heterocycles. The van der Waals surface area contributed by atoms with Crippen LogP contribution in [0, 0.1) is 4.77 Å². The first-order valence-electron chi connectivity index (χ1n) is 7.05. The molecule has 0 aliphatic rings. The summed E-state index contributed by atoms with van der Waals surface area (Å²) in [5.74, 6) is 0.808. The first-order valence-corrected chi connectivity index (χ1v) is 7.46. The van der Waals surface area contributed by atoms with Gasteiger partial charge in [-0.2, -0.15) is 5.10 Å². The van der Waals surface area contributed by atoms with Crippen LogP contribution in [0.4, 0.5) is 0 Å². The topological polar surface area (TPSA) is 49.7 Å². The van der Waals surface area contributed by atoms with Crippen molar-refractivity contribution in [1.82, 2.24) is 24.6 Å². The van der Waals surface area contributed by atoms with Crippen LogP contribution in [0.25, 0.3) is 11.5 Å². The molecule has 2 aromatic heterocycles. The number of hydrogen-bond acceptors (Lipinski definition) is 4. The predicted octanol–water partition coefficient (Wildman–Crippen LogP) is 2.73. The van der Waals surface area contributed by atoms with Crippen LogP contribution in [0.1, 0.15) is 20.3 Å². The highest BCUT2D eigenvalue weighted by Crippen LogP contribution is 2.13. The van der Waals surface area contributed by atoms with Crippen molar-refractivity contribution < 1.29 is 0 Å². The molecule has 0 spiro atoms. The molecule has 6 heteroatoms. The zero-order valence-electron chi connectivity index (χ0n) is 12.0. The first kappa shape index (κ1) is 14.9. The molecular weight excluding hydrogens is 270 g/mol. The predicted molar refractivity (Wildman–Crippen MR) is 83.0 cm³/mol. The zero-order valence-corrected chi connectivity index (χ0v) is 12.9. The number of hydrogen-bond donors (Lipinski definition) is 1. The van der Waals surface area contributed by atoms with Crippen molar-refractivity contribution in [2.75, 3.05) is 19.6 Å². The van der Waals surface area contributed by atoms with Crippen LogP contribution < -0.4 is 0 Å². The smallest absolute Gasteiger partial charge is 0.195 e. The molecule has 0 unspecified atom stereocenters. The number of likely N-dealkylation sites (N-methyl/N-ethyl adjacent to an activating group) is 1. The Bertz CT molecular complexity index is 575. The van der Waals surface area contributed by atoms with Crippen LogP contribution in [-0.2, 0) is 6.54 Å². The molecule has 2 aromatic rings. The van der Waals surface area contributed by atoms with Crippen LogP contribution >= 0.6 is 12.2 Å². The van der Waals surface area contributed by atoms with Gasteiger partial charge in [-0.15, -0.1) is 0 Å². The minimum atomic E-state index is 0.651. The second kappa shape index (κ2) is 7.31. The molecular formula is C14H21N5S. The van der Waals surface area contributed by atoms with E-state index in [2.05, 4.69) is 33.9 Å². The molecule has 108 valence electrons. The highest BCUT2D eigenvalue weighted by atomic mass is 32.1. The van der Waals surface area contributed by atoms with E-state index in [-0.39, 0.29) is 0 Å². The fourth-order valence-corrected chi connectivity index (χ4v) is 2.42. The van der Waals surface area contributed by atoms with Crippen LogP contribution in [0.3, 0.4) is 0 Å². The quantitative estimate of drug-likeness (QED) is 0.797.